The molecule has 0 spiro atoms. The van der Waals surface area contributed by atoms with E-state index in [1.165, 1.54) is 12.8 Å². The van der Waals surface area contributed by atoms with Gasteiger partial charge in [0, 0.05) is 26.7 Å². The molecule has 20 heavy (non-hydrogen) atoms. The first-order valence-electron chi connectivity index (χ1n) is 7.38. The number of hydrogen-bond acceptors (Lipinski definition) is 3. The molecule has 0 aromatic carbocycles. The summed E-state index contributed by atoms with van der Waals surface area (Å²) in [6.07, 6.45) is 5.43. The lowest BCUT2D eigenvalue weighted by atomic mass is 9.87. The van der Waals surface area contributed by atoms with Crippen molar-refractivity contribution in [3.63, 3.8) is 0 Å². The molecule has 5 nitrogen and oxygen atoms in total. The van der Waals surface area contributed by atoms with E-state index >= 15 is 0 Å². The van der Waals surface area contributed by atoms with E-state index in [-0.39, 0.29) is 30.1 Å². The molecule has 0 aromatic rings. The first-order valence-corrected chi connectivity index (χ1v) is 7.38. The SMILES string of the molecule is COC1CCC(CN=C(N)N2CCOC(C)C2)CC1.I. The van der Waals surface area contributed by atoms with Crippen LogP contribution < -0.4 is 5.73 Å². The summed E-state index contributed by atoms with van der Waals surface area (Å²) in [6.45, 7) is 5.39. The number of morpholine rings is 1. The Kier molecular flexibility index (Phi) is 8.13. The van der Waals surface area contributed by atoms with Crippen molar-refractivity contribution < 1.29 is 9.47 Å². The molecule has 6 heteroatoms. The molecule has 1 saturated heterocycles. The van der Waals surface area contributed by atoms with Crippen molar-refractivity contribution in [1.29, 1.82) is 0 Å². The number of aliphatic imine (C=N–C) groups is 1. The first-order chi connectivity index (χ1) is 9.19. The topological polar surface area (TPSA) is 60.1 Å². The van der Waals surface area contributed by atoms with E-state index in [2.05, 4.69) is 16.8 Å². The van der Waals surface area contributed by atoms with Crippen molar-refractivity contribution in [3.8, 4) is 0 Å². The summed E-state index contributed by atoms with van der Waals surface area (Å²) in [6, 6.07) is 0. The Morgan fingerprint density at radius 3 is 2.65 bits per heavy atom. The van der Waals surface area contributed by atoms with Crippen LogP contribution in [-0.4, -0.2) is 56.4 Å². The molecule has 0 amide bonds. The van der Waals surface area contributed by atoms with Gasteiger partial charge in [-0.15, -0.1) is 24.0 Å². The van der Waals surface area contributed by atoms with Crippen molar-refractivity contribution in [2.45, 2.75) is 44.8 Å². The Morgan fingerprint density at radius 2 is 2.05 bits per heavy atom. The van der Waals surface area contributed by atoms with Crippen molar-refractivity contribution >= 4 is 29.9 Å². The lowest BCUT2D eigenvalue weighted by Gasteiger charge is -2.32. The molecule has 1 aliphatic carbocycles. The van der Waals surface area contributed by atoms with Gasteiger partial charge in [0.15, 0.2) is 5.96 Å². The quantitative estimate of drug-likeness (QED) is 0.449. The third kappa shape index (κ3) is 5.37. The van der Waals surface area contributed by atoms with E-state index in [0.717, 1.165) is 39.1 Å². The Labute approximate surface area is 139 Å². The predicted molar refractivity (Wildman–Crippen MR) is 91.6 cm³/mol. The number of methoxy groups -OCH3 is 1. The molecule has 118 valence electrons. The maximum atomic E-state index is 6.08. The standard InChI is InChI=1S/C14H27N3O2.HI/c1-11-10-17(7-8-19-11)14(15)16-9-12-3-5-13(18-2)6-4-12;/h11-13H,3-10H2,1-2H3,(H2,15,16);1H. The van der Waals surface area contributed by atoms with E-state index in [4.69, 9.17) is 15.2 Å². The highest BCUT2D eigenvalue weighted by atomic mass is 127. The first kappa shape index (κ1) is 18.0. The molecule has 0 aromatic heterocycles. The third-order valence-corrected chi connectivity index (χ3v) is 4.20. The summed E-state index contributed by atoms with van der Waals surface area (Å²) in [5.74, 6) is 1.35. The molecule has 2 aliphatic rings. The van der Waals surface area contributed by atoms with Gasteiger partial charge in [0.1, 0.15) is 0 Å². The smallest absolute Gasteiger partial charge is 0.191 e. The van der Waals surface area contributed by atoms with Crippen LogP contribution >= 0.6 is 24.0 Å². The van der Waals surface area contributed by atoms with Crippen LogP contribution in [0, 0.1) is 5.92 Å². The monoisotopic (exact) mass is 397 g/mol. The minimum atomic E-state index is 0. The molecule has 0 bridgehead atoms. The zero-order valence-corrected chi connectivity index (χ0v) is 14.9. The molecule has 1 unspecified atom stereocenters. The van der Waals surface area contributed by atoms with Gasteiger partial charge in [-0.2, -0.15) is 0 Å². The highest BCUT2D eigenvalue weighted by molar-refractivity contribution is 14.0. The average Bonchev–Trinajstić information content (AvgIpc) is 2.45. The van der Waals surface area contributed by atoms with Crippen LogP contribution in [-0.2, 0) is 9.47 Å². The van der Waals surface area contributed by atoms with Gasteiger partial charge in [0.25, 0.3) is 0 Å². The van der Waals surface area contributed by atoms with Gasteiger partial charge in [-0.3, -0.25) is 4.99 Å². The largest absolute Gasteiger partial charge is 0.381 e. The van der Waals surface area contributed by atoms with Gasteiger partial charge in [0.05, 0.1) is 18.8 Å². The fraction of sp³-hybridized carbons (Fsp3) is 0.929. The number of ether oxygens (including phenoxy) is 2. The lowest BCUT2D eigenvalue weighted by Crippen LogP contribution is -2.48. The second-order valence-electron chi connectivity index (χ2n) is 5.70. The fourth-order valence-corrected chi connectivity index (χ4v) is 2.90. The van der Waals surface area contributed by atoms with Crippen LogP contribution in [0.15, 0.2) is 4.99 Å². The van der Waals surface area contributed by atoms with Gasteiger partial charge in [-0.05, 0) is 38.5 Å². The second-order valence-corrected chi connectivity index (χ2v) is 5.70. The van der Waals surface area contributed by atoms with Crippen LogP contribution in [0.4, 0.5) is 0 Å². The fourth-order valence-electron chi connectivity index (χ4n) is 2.90. The van der Waals surface area contributed by atoms with E-state index in [1.54, 1.807) is 7.11 Å². The van der Waals surface area contributed by atoms with Crippen molar-refractivity contribution in [3.05, 3.63) is 0 Å². The number of nitrogens with two attached hydrogens (primary N) is 1. The van der Waals surface area contributed by atoms with E-state index in [9.17, 15) is 0 Å². The molecule has 1 saturated carbocycles. The van der Waals surface area contributed by atoms with Gasteiger partial charge in [-0.1, -0.05) is 0 Å². The Morgan fingerprint density at radius 1 is 1.35 bits per heavy atom. The van der Waals surface area contributed by atoms with Crippen LogP contribution in [0.2, 0.25) is 0 Å². The summed E-state index contributed by atoms with van der Waals surface area (Å²) in [5.41, 5.74) is 6.08. The normalized spacial score (nSPS) is 31.8. The number of halogens is 1. The highest BCUT2D eigenvalue weighted by Crippen LogP contribution is 2.26. The highest BCUT2D eigenvalue weighted by Gasteiger charge is 2.22. The van der Waals surface area contributed by atoms with Gasteiger partial charge in [-0.25, -0.2) is 0 Å². The number of hydrogen-bond donors (Lipinski definition) is 1. The predicted octanol–water partition coefficient (Wildman–Crippen LogP) is 1.85. The summed E-state index contributed by atoms with van der Waals surface area (Å²) >= 11 is 0. The van der Waals surface area contributed by atoms with Crippen LogP contribution in [0.1, 0.15) is 32.6 Å². The van der Waals surface area contributed by atoms with Gasteiger partial charge >= 0.3 is 0 Å². The third-order valence-electron chi connectivity index (χ3n) is 4.20. The minimum Gasteiger partial charge on any atom is -0.381 e. The lowest BCUT2D eigenvalue weighted by molar-refractivity contribution is 0.00522. The molecule has 1 aliphatic heterocycles. The van der Waals surface area contributed by atoms with Gasteiger partial charge < -0.3 is 20.1 Å². The zero-order valence-electron chi connectivity index (χ0n) is 12.6. The van der Waals surface area contributed by atoms with E-state index in [1.807, 2.05) is 0 Å². The van der Waals surface area contributed by atoms with E-state index < -0.39 is 0 Å². The molecule has 2 rings (SSSR count). The molecular formula is C14H28IN3O2. The minimum absolute atomic E-state index is 0. The molecule has 2 N–H and O–H groups in total. The van der Waals surface area contributed by atoms with Crippen LogP contribution in [0.25, 0.3) is 0 Å². The molecule has 0 radical (unpaired) electrons. The van der Waals surface area contributed by atoms with E-state index in [0.29, 0.717) is 18.0 Å². The van der Waals surface area contributed by atoms with Crippen LogP contribution in [0.3, 0.4) is 0 Å². The van der Waals surface area contributed by atoms with Crippen molar-refractivity contribution in [2.24, 2.45) is 16.6 Å². The van der Waals surface area contributed by atoms with Crippen molar-refractivity contribution in [2.75, 3.05) is 33.4 Å². The molecule has 1 heterocycles. The second kappa shape index (κ2) is 9.04. The zero-order chi connectivity index (χ0) is 13.7. The number of guanidine groups is 1. The van der Waals surface area contributed by atoms with Gasteiger partial charge in [0.2, 0.25) is 0 Å². The number of nitrogens with zero attached hydrogens (tertiary/aromatic N) is 2. The van der Waals surface area contributed by atoms with Crippen molar-refractivity contribution in [1.82, 2.24) is 4.90 Å². The maximum Gasteiger partial charge on any atom is 0.191 e. The molecule has 2 fully saturated rings. The van der Waals surface area contributed by atoms with Crippen LogP contribution in [0.5, 0.6) is 0 Å². The Bertz CT molecular complexity index is 307. The number of rotatable bonds is 3. The summed E-state index contributed by atoms with van der Waals surface area (Å²) in [4.78, 5) is 6.71. The Hall–Kier alpha value is -0.0800. The average molecular weight is 397 g/mol. The summed E-state index contributed by atoms with van der Waals surface area (Å²) < 4.78 is 10.9. The maximum absolute atomic E-state index is 6.08. The Balaban J connectivity index is 0.00000200. The summed E-state index contributed by atoms with van der Waals surface area (Å²) in [7, 11) is 1.81. The summed E-state index contributed by atoms with van der Waals surface area (Å²) in [5, 5.41) is 0. The molecular weight excluding hydrogens is 369 g/mol. The molecule has 1 atom stereocenters.